The highest BCUT2D eigenvalue weighted by Gasteiger charge is 2.00. The predicted octanol–water partition coefficient (Wildman–Crippen LogP) is 2.07. The Morgan fingerprint density at radius 2 is 2.00 bits per heavy atom. The van der Waals surface area contributed by atoms with Crippen molar-refractivity contribution in [3.05, 3.63) is 51.9 Å². The smallest absolute Gasteiger partial charge is 0.264 e. The van der Waals surface area contributed by atoms with Gasteiger partial charge < -0.3 is 5.32 Å². The van der Waals surface area contributed by atoms with Gasteiger partial charge in [0.15, 0.2) is 5.11 Å². The standard InChI is InChI=1S/C10H8ClN3OS/c11-7-1-3-8(4-2-7)12-10(16)14-6-5-9(15)13-14/h1-6H,(H,12,16)(H,13,15). The van der Waals surface area contributed by atoms with E-state index in [9.17, 15) is 4.79 Å². The molecular weight excluding hydrogens is 246 g/mol. The molecule has 6 heteroatoms. The number of aromatic nitrogens is 2. The summed E-state index contributed by atoms with van der Waals surface area (Å²) in [6.45, 7) is 0. The third kappa shape index (κ3) is 2.50. The van der Waals surface area contributed by atoms with Gasteiger partial charge in [-0.3, -0.25) is 9.89 Å². The number of H-pyrrole nitrogens is 1. The van der Waals surface area contributed by atoms with Crippen LogP contribution in [0.2, 0.25) is 5.02 Å². The predicted molar refractivity (Wildman–Crippen MR) is 68.1 cm³/mol. The van der Waals surface area contributed by atoms with Gasteiger partial charge >= 0.3 is 0 Å². The number of benzene rings is 1. The van der Waals surface area contributed by atoms with Crippen LogP contribution in [-0.4, -0.2) is 14.9 Å². The second-order valence-corrected chi connectivity index (χ2v) is 3.92. The van der Waals surface area contributed by atoms with Crippen LogP contribution < -0.4 is 10.9 Å². The highest BCUT2D eigenvalue weighted by molar-refractivity contribution is 7.80. The molecule has 0 bridgehead atoms. The first kappa shape index (κ1) is 10.9. The lowest BCUT2D eigenvalue weighted by Gasteiger charge is -2.07. The van der Waals surface area contributed by atoms with Crippen molar-refractivity contribution in [1.29, 1.82) is 0 Å². The van der Waals surface area contributed by atoms with Gasteiger partial charge in [-0.2, -0.15) is 0 Å². The molecule has 0 spiro atoms. The maximum atomic E-state index is 10.9. The minimum Gasteiger partial charge on any atom is -0.331 e. The second-order valence-electron chi connectivity index (χ2n) is 3.10. The summed E-state index contributed by atoms with van der Waals surface area (Å²) in [7, 11) is 0. The molecule has 0 fully saturated rings. The van der Waals surface area contributed by atoms with E-state index < -0.39 is 0 Å². The number of thiocarbonyl (C=S) groups is 1. The van der Waals surface area contributed by atoms with Crippen LogP contribution in [-0.2, 0) is 0 Å². The van der Waals surface area contributed by atoms with Gasteiger partial charge in [0.25, 0.3) is 5.56 Å². The molecule has 0 saturated heterocycles. The van der Waals surface area contributed by atoms with Crippen molar-refractivity contribution in [3.63, 3.8) is 0 Å². The zero-order chi connectivity index (χ0) is 11.5. The van der Waals surface area contributed by atoms with Gasteiger partial charge in [-0.05, 0) is 36.5 Å². The minimum atomic E-state index is -0.194. The Morgan fingerprint density at radius 1 is 1.31 bits per heavy atom. The lowest BCUT2D eigenvalue weighted by molar-refractivity contribution is 0.926. The normalized spacial score (nSPS) is 10.1. The summed E-state index contributed by atoms with van der Waals surface area (Å²) in [5, 5.41) is 6.55. The van der Waals surface area contributed by atoms with E-state index in [2.05, 4.69) is 10.4 Å². The van der Waals surface area contributed by atoms with Gasteiger partial charge in [0, 0.05) is 23.0 Å². The van der Waals surface area contributed by atoms with E-state index in [4.69, 9.17) is 23.8 Å². The maximum Gasteiger partial charge on any atom is 0.264 e. The van der Waals surface area contributed by atoms with E-state index in [1.54, 1.807) is 30.5 Å². The monoisotopic (exact) mass is 253 g/mol. The molecule has 0 aliphatic rings. The first-order valence-electron chi connectivity index (χ1n) is 4.50. The molecule has 2 rings (SSSR count). The number of aromatic amines is 1. The highest BCUT2D eigenvalue weighted by Crippen LogP contribution is 2.13. The quantitative estimate of drug-likeness (QED) is 0.765. The Bertz CT molecular complexity index is 558. The van der Waals surface area contributed by atoms with Gasteiger partial charge in [-0.1, -0.05) is 11.6 Å². The van der Waals surface area contributed by atoms with E-state index in [0.717, 1.165) is 5.69 Å². The molecule has 1 aromatic heterocycles. The fraction of sp³-hybridized carbons (Fsp3) is 0. The molecule has 1 aromatic carbocycles. The number of nitrogens with one attached hydrogen (secondary N) is 2. The average molecular weight is 254 g/mol. The summed E-state index contributed by atoms with van der Waals surface area (Å²) in [5.74, 6) is 0. The molecule has 4 nitrogen and oxygen atoms in total. The topological polar surface area (TPSA) is 49.8 Å². The van der Waals surface area contributed by atoms with Gasteiger partial charge in [-0.25, -0.2) is 4.68 Å². The fourth-order valence-corrected chi connectivity index (χ4v) is 1.52. The van der Waals surface area contributed by atoms with Crippen LogP contribution >= 0.6 is 23.8 Å². The summed E-state index contributed by atoms with van der Waals surface area (Å²) >= 11 is 10.9. The van der Waals surface area contributed by atoms with E-state index in [-0.39, 0.29) is 5.56 Å². The summed E-state index contributed by atoms with van der Waals surface area (Å²) in [4.78, 5) is 10.9. The van der Waals surface area contributed by atoms with Gasteiger partial charge in [-0.15, -0.1) is 0 Å². The largest absolute Gasteiger partial charge is 0.331 e. The van der Waals surface area contributed by atoms with Crippen LogP contribution in [0.4, 0.5) is 5.69 Å². The molecule has 0 unspecified atom stereocenters. The number of anilines is 1. The van der Waals surface area contributed by atoms with Crippen molar-refractivity contribution in [2.45, 2.75) is 0 Å². The minimum absolute atomic E-state index is 0.194. The molecule has 1 heterocycles. The van der Waals surface area contributed by atoms with Crippen LogP contribution in [0.1, 0.15) is 0 Å². The second kappa shape index (κ2) is 4.51. The zero-order valence-electron chi connectivity index (χ0n) is 8.11. The SMILES string of the molecule is O=c1ccn(C(=S)Nc2ccc(Cl)cc2)[nH]1. The molecule has 0 saturated carbocycles. The van der Waals surface area contributed by atoms with E-state index >= 15 is 0 Å². The summed E-state index contributed by atoms with van der Waals surface area (Å²) in [6.07, 6.45) is 1.56. The Hall–Kier alpha value is -1.59. The highest BCUT2D eigenvalue weighted by atomic mass is 35.5. The van der Waals surface area contributed by atoms with Gasteiger partial charge in [0.05, 0.1) is 0 Å². The first-order chi connectivity index (χ1) is 7.65. The van der Waals surface area contributed by atoms with E-state index in [1.807, 2.05) is 0 Å². The lowest BCUT2D eigenvalue weighted by atomic mass is 10.3. The fourth-order valence-electron chi connectivity index (χ4n) is 1.17. The third-order valence-corrected chi connectivity index (χ3v) is 2.47. The van der Waals surface area contributed by atoms with Crippen molar-refractivity contribution >= 4 is 34.6 Å². The van der Waals surface area contributed by atoms with Crippen molar-refractivity contribution in [1.82, 2.24) is 9.78 Å². The third-order valence-electron chi connectivity index (χ3n) is 1.92. The molecule has 0 atom stereocenters. The van der Waals surface area contributed by atoms with Crippen molar-refractivity contribution in [3.8, 4) is 0 Å². The molecular formula is C10H8ClN3OS. The Morgan fingerprint density at radius 3 is 2.56 bits per heavy atom. The van der Waals surface area contributed by atoms with E-state index in [1.165, 1.54) is 10.7 Å². The molecule has 0 radical (unpaired) electrons. The van der Waals surface area contributed by atoms with Crippen LogP contribution in [0, 0.1) is 0 Å². The van der Waals surface area contributed by atoms with Gasteiger partial charge in [0.2, 0.25) is 0 Å². The van der Waals surface area contributed by atoms with Crippen LogP contribution in [0.3, 0.4) is 0 Å². The lowest BCUT2D eigenvalue weighted by Crippen LogP contribution is -2.21. The number of hydrogen-bond donors (Lipinski definition) is 2. The van der Waals surface area contributed by atoms with Crippen LogP contribution in [0.25, 0.3) is 0 Å². The number of nitrogens with zero attached hydrogens (tertiary/aromatic N) is 1. The molecule has 82 valence electrons. The van der Waals surface area contributed by atoms with Crippen LogP contribution in [0.5, 0.6) is 0 Å². The Kier molecular flexibility index (Phi) is 3.07. The summed E-state index contributed by atoms with van der Waals surface area (Å²) in [6, 6.07) is 8.51. The van der Waals surface area contributed by atoms with Crippen molar-refractivity contribution < 1.29 is 0 Å². The molecule has 0 aliphatic heterocycles. The molecule has 16 heavy (non-hydrogen) atoms. The summed E-state index contributed by atoms with van der Waals surface area (Å²) in [5.41, 5.74) is 0.615. The van der Waals surface area contributed by atoms with Crippen molar-refractivity contribution in [2.24, 2.45) is 0 Å². The summed E-state index contributed by atoms with van der Waals surface area (Å²) < 4.78 is 1.44. The number of rotatable bonds is 1. The Balaban J connectivity index is 2.13. The number of hydrogen-bond acceptors (Lipinski definition) is 2. The van der Waals surface area contributed by atoms with E-state index in [0.29, 0.717) is 10.1 Å². The maximum absolute atomic E-state index is 10.9. The molecule has 2 N–H and O–H groups in total. The molecule has 0 amide bonds. The molecule has 0 aliphatic carbocycles. The zero-order valence-corrected chi connectivity index (χ0v) is 9.68. The number of halogens is 1. The first-order valence-corrected chi connectivity index (χ1v) is 5.28. The van der Waals surface area contributed by atoms with Gasteiger partial charge in [0.1, 0.15) is 0 Å². The van der Waals surface area contributed by atoms with Crippen molar-refractivity contribution in [2.75, 3.05) is 5.32 Å². The Labute approximate surface area is 102 Å². The molecule has 2 aromatic rings. The van der Waals surface area contributed by atoms with Crippen LogP contribution in [0.15, 0.2) is 41.3 Å². The average Bonchev–Trinajstić information content (AvgIpc) is 2.68.